The molecule has 3 rings (SSSR count). The van der Waals surface area contributed by atoms with Crippen LogP contribution in [0.25, 0.3) is 16.8 Å². The third-order valence-electron chi connectivity index (χ3n) is 3.81. The van der Waals surface area contributed by atoms with Crippen LogP contribution >= 0.6 is 27.3 Å². The van der Waals surface area contributed by atoms with E-state index >= 15 is 0 Å². The van der Waals surface area contributed by atoms with E-state index in [1.165, 1.54) is 11.3 Å². The van der Waals surface area contributed by atoms with Crippen molar-refractivity contribution in [3.05, 3.63) is 69.1 Å². The summed E-state index contributed by atoms with van der Waals surface area (Å²) < 4.78 is 6.42. The number of aryl methyl sites for hydroxylation is 1. The first-order chi connectivity index (χ1) is 13.1. The number of ether oxygens (including phenoxy) is 1. The second-order valence-corrected chi connectivity index (χ2v) is 7.51. The number of nitrogens with zero attached hydrogens (tertiary/aromatic N) is 2. The molecule has 0 bridgehead atoms. The third kappa shape index (κ3) is 4.76. The van der Waals surface area contributed by atoms with Gasteiger partial charge in [0.15, 0.2) is 0 Å². The van der Waals surface area contributed by atoms with Gasteiger partial charge in [0, 0.05) is 21.6 Å². The molecule has 3 aromatic rings. The normalized spacial score (nSPS) is 11.1. The molecule has 0 radical (unpaired) electrons. The van der Waals surface area contributed by atoms with E-state index in [9.17, 15) is 5.26 Å². The maximum absolute atomic E-state index is 9.53. The smallest absolute Gasteiger partial charge is 0.136 e. The number of hydrogen-bond donors (Lipinski definition) is 1. The fourth-order valence-corrected chi connectivity index (χ4v) is 3.85. The van der Waals surface area contributed by atoms with Gasteiger partial charge in [0.1, 0.15) is 22.4 Å². The largest absolute Gasteiger partial charge is 0.494 e. The molecule has 1 N–H and O–H groups in total. The Balaban J connectivity index is 1.79. The predicted octanol–water partition coefficient (Wildman–Crippen LogP) is 6.26. The summed E-state index contributed by atoms with van der Waals surface area (Å²) in [6.45, 7) is 4.63. The molecule has 0 spiro atoms. The molecule has 0 saturated heterocycles. The highest BCUT2D eigenvalue weighted by atomic mass is 79.9. The summed E-state index contributed by atoms with van der Waals surface area (Å²) in [5.74, 6) is 0.835. The number of thiazole rings is 1. The lowest BCUT2D eigenvalue weighted by molar-refractivity contribution is 0.340. The Hall–Kier alpha value is -2.62. The van der Waals surface area contributed by atoms with Gasteiger partial charge in [0.05, 0.1) is 18.0 Å². The molecular formula is C21H18BrN3OS. The van der Waals surface area contributed by atoms with Crippen LogP contribution in [0.4, 0.5) is 5.69 Å². The molecule has 0 fully saturated rings. The van der Waals surface area contributed by atoms with Crippen LogP contribution < -0.4 is 10.1 Å². The highest BCUT2D eigenvalue weighted by Gasteiger charge is 2.09. The fourth-order valence-electron chi connectivity index (χ4n) is 2.45. The lowest BCUT2D eigenvalue weighted by Crippen LogP contribution is -1.92. The predicted molar refractivity (Wildman–Crippen MR) is 115 cm³/mol. The molecule has 6 heteroatoms. The molecule has 0 amide bonds. The molecule has 0 aliphatic rings. The van der Waals surface area contributed by atoms with Crippen molar-refractivity contribution in [1.82, 2.24) is 4.98 Å². The molecule has 0 saturated carbocycles. The molecule has 0 aliphatic heterocycles. The van der Waals surface area contributed by atoms with E-state index in [0.717, 1.165) is 32.7 Å². The Kier molecular flexibility index (Phi) is 6.28. The first kappa shape index (κ1) is 19.2. The average molecular weight is 440 g/mol. The van der Waals surface area contributed by atoms with Gasteiger partial charge in [0.2, 0.25) is 0 Å². The molecule has 27 heavy (non-hydrogen) atoms. The van der Waals surface area contributed by atoms with Crippen molar-refractivity contribution in [3.8, 4) is 23.1 Å². The monoisotopic (exact) mass is 439 g/mol. The number of benzene rings is 2. The van der Waals surface area contributed by atoms with Crippen molar-refractivity contribution in [2.75, 3.05) is 11.9 Å². The Bertz CT molecular complexity index is 1000. The summed E-state index contributed by atoms with van der Waals surface area (Å²) >= 11 is 4.98. The highest BCUT2D eigenvalue weighted by molar-refractivity contribution is 9.10. The van der Waals surface area contributed by atoms with E-state index in [1.54, 1.807) is 6.20 Å². The third-order valence-corrected chi connectivity index (χ3v) is 5.34. The molecule has 4 nitrogen and oxygen atoms in total. The van der Waals surface area contributed by atoms with Gasteiger partial charge in [-0.3, -0.25) is 0 Å². The minimum absolute atomic E-state index is 0.490. The second kappa shape index (κ2) is 8.85. The van der Waals surface area contributed by atoms with Crippen LogP contribution in [-0.4, -0.2) is 11.6 Å². The van der Waals surface area contributed by atoms with Gasteiger partial charge in [-0.2, -0.15) is 5.26 Å². The number of halogens is 1. The van der Waals surface area contributed by atoms with Crippen molar-refractivity contribution in [2.45, 2.75) is 13.8 Å². The van der Waals surface area contributed by atoms with Crippen LogP contribution in [0.1, 0.15) is 17.5 Å². The quantitative estimate of drug-likeness (QED) is 0.460. The number of allylic oxidation sites excluding steroid dienone is 1. The van der Waals surface area contributed by atoms with Gasteiger partial charge < -0.3 is 10.1 Å². The number of rotatable bonds is 6. The van der Waals surface area contributed by atoms with Crippen LogP contribution in [0.15, 0.2) is 58.5 Å². The van der Waals surface area contributed by atoms with Crippen molar-refractivity contribution in [3.63, 3.8) is 0 Å². The van der Waals surface area contributed by atoms with Crippen LogP contribution in [0.2, 0.25) is 0 Å². The first-order valence-corrected chi connectivity index (χ1v) is 10.1. The standard InChI is InChI=1S/C21H18BrN3OS/c1-3-26-17-7-5-15(6-8-17)20-13-27-21(25-20)16(11-23)12-24-19-9-4-14(2)10-18(19)22/h4-10,12-13,24H,3H2,1-2H3/b16-12+. The number of nitrogens with one attached hydrogen (secondary N) is 1. The zero-order valence-corrected chi connectivity index (χ0v) is 17.4. The SMILES string of the molecule is CCOc1ccc(-c2csc(/C(C#N)=C/Nc3ccc(C)cc3Br)n2)cc1. The fraction of sp³-hybridized carbons (Fsp3) is 0.143. The van der Waals surface area contributed by atoms with Crippen LogP contribution in [-0.2, 0) is 0 Å². The van der Waals surface area contributed by atoms with Crippen molar-refractivity contribution >= 4 is 38.5 Å². The van der Waals surface area contributed by atoms with Crippen LogP contribution in [0, 0.1) is 18.3 Å². The van der Waals surface area contributed by atoms with Crippen LogP contribution in [0.3, 0.4) is 0 Å². The summed E-state index contributed by atoms with van der Waals surface area (Å²) in [6.07, 6.45) is 1.69. The summed E-state index contributed by atoms with van der Waals surface area (Å²) in [5.41, 5.74) is 4.39. The number of nitriles is 1. The number of hydrogen-bond acceptors (Lipinski definition) is 5. The summed E-state index contributed by atoms with van der Waals surface area (Å²) in [4.78, 5) is 4.61. The van der Waals surface area contributed by atoms with Crippen molar-refractivity contribution in [1.29, 1.82) is 5.26 Å². The molecule has 136 valence electrons. The van der Waals surface area contributed by atoms with Gasteiger partial charge in [0.25, 0.3) is 0 Å². The second-order valence-electron chi connectivity index (χ2n) is 5.79. The van der Waals surface area contributed by atoms with E-state index in [0.29, 0.717) is 17.2 Å². The lowest BCUT2D eigenvalue weighted by Gasteiger charge is -2.05. The maximum atomic E-state index is 9.53. The van der Waals surface area contributed by atoms with Crippen molar-refractivity contribution < 1.29 is 4.74 Å². The lowest BCUT2D eigenvalue weighted by atomic mass is 10.2. The first-order valence-electron chi connectivity index (χ1n) is 8.42. The van der Waals surface area contributed by atoms with Crippen molar-refractivity contribution in [2.24, 2.45) is 0 Å². The van der Waals surface area contributed by atoms with Crippen LogP contribution in [0.5, 0.6) is 5.75 Å². The summed E-state index contributed by atoms with van der Waals surface area (Å²) in [7, 11) is 0. The molecule has 2 aromatic carbocycles. The highest BCUT2D eigenvalue weighted by Crippen LogP contribution is 2.28. The summed E-state index contributed by atoms with van der Waals surface area (Å²) in [6, 6.07) is 16.0. The number of aromatic nitrogens is 1. The minimum atomic E-state index is 0.490. The summed E-state index contributed by atoms with van der Waals surface area (Å²) in [5, 5.41) is 15.3. The zero-order chi connectivity index (χ0) is 19.2. The maximum Gasteiger partial charge on any atom is 0.136 e. The minimum Gasteiger partial charge on any atom is -0.494 e. The Morgan fingerprint density at radius 1 is 1.30 bits per heavy atom. The van der Waals surface area contributed by atoms with Gasteiger partial charge >= 0.3 is 0 Å². The van der Waals surface area contributed by atoms with E-state index in [2.05, 4.69) is 32.3 Å². The Morgan fingerprint density at radius 2 is 2.07 bits per heavy atom. The topological polar surface area (TPSA) is 57.9 Å². The molecule has 0 aliphatic carbocycles. The number of anilines is 1. The zero-order valence-electron chi connectivity index (χ0n) is 15.0. The molecule has 1 aromatic heterocycles. The molecule has 0 atom stereocenters. The Morgan fingerprint density at radius 3 is 2.74 bits per heavy atom. The molecule has 1 heterocycles. The van der Waals surface area contributed by atoms with E-state index < -0.39 is 0 Å². The Labute approximate surface area is 171 Å². The van der Waals surface area contributed by atoms with Gasteiger partial charge in [-0.25, -0.2) is 4.98 Å². The molecule has 0 unspecified atom stereocenters. The van der Waals surface area contributed by atoms with E-state index in [-0.39, 0.29) is 0 Å². The average Bonchev–Trinajstić information content (AvgIpc) is 3.14. The van der Waals surface area contributed by atoms with E-state index in [4.69, 9.17) is 4.74 Å². The van der Waals surface area contributed by atoms with Gasteiger partial charge in [-0.05, 0) is 71.7 Å². The van der Waals surface area contributed by atoms with Gasteiger partial charge in [-0.1, -0.05) is 6.07 Å². The van der Waals surface area contributed by atoms with Gasteiger partial charge in [-0.15, -0.1) is 11.3 Å². The van der Waals surface area contributed by atoms with E-state index in [1.807, 2.05) is 61.7 Å². The molecular weight excluding hydrogens is 422 g/mol.